The predicted molar refractivity (Wildman–Crippen MR) is 117 cm³/mol. The van der Waals surface area contributed by atoms with Gasteiger partial charge in [-0.1, -0.05) is 30.3 Å². The van der Waals surface area contributed by atoms with Gasteiger partial charge in [-0.2, -0.15) is 0 Å². The molecule has 1 aromatic carbocycles. The van der Waals surface area contributed by atoms with Gasteiger partial charge in [0.05, 0.1) is 18.1 Å². The fourth-order valence-corrected chi connectivity index (χ4v) is 3.53. The van der Waals surface area contributed by atoms with Crippen LogP contribution in [0.2, 0.25) is 0 Å². The lowest BCUT2D eigenvalue weighted by Gasteiger charge is -2.36. The van der Waals surface area contributed by atoms with E-state index in [0.717, 1.165) is 38.2 Å². The molecule has 0 unspecified atom stereocenters. The standard InChI is InChI=1S/C20H29N5O.2ClH/c1-23-10-8-18(9-11-23)24(2)20(26)19(21)12-17-14-25(15-22-17)13-16-6-4-3-5-7-16;;/h3-7,14-15,18-19H,8-13,21H2,1-2H3;2*1H/t19-;;/m0../s1. The number of nitrogens with two attached hydrogens (primary N) is 1. The first-order chi connectivity index (χ1) is 12.5. The molecule has 156 valence electrons. The first-order valence-corrected chi connectivity index (χ1v) is 9.28. The van der Waals surface area contributed by atoms with Crippen molar-refractivity contribution in [1.82, 2.24) is 19.4 Å². The van der Waals surface area contributed by atoms with Gasteiger partial charge in [0.2, 0.25) is 5.91 Å². The Morgan fingerprint density at radius 3 is 2.54 bits per heavy atom. The zero-order chi connectivity index (χ0) is 18.5. The maximum absolute atomic E-state index is 12.7. The summed E-state index contributed by atoms with van der Waals surface area (Å²) in [4.78, 5) is 21.2. The van der Waals surface area contributed by atoms with Gasteiger partial charge in [0.25, 0.3) is 0 Å². The fourth-order valence-electron chi connectivity index (χ4n) is 3.53. The van der Waals surface area contributed by atoms with Crippen LogP contribution in [0.5, 0.6) is 0 Å². The van der Waals surface area contributed by atoms with Gasteiger partial charge >= 0.3 is 0 Å². The molecule has 1 aliphatic rings. The van der Waals surface area contributed by atoms with Crippen molar-refractivity contribution in [2.45, 2.75) is 37.9 Å². The van der Waals surface area contributed by atoms with Crippen molar-refractivity contribution >= 4 is 30.7 Å². The minimum Gasteiger partial charge on any atom is -0.341 e. The molecule has 1 aromatic heterocycles. The highest BCUT2D eigenvalue weighted by atomic mass is 35.5. The summed E-state index contributed by atoms with van der Waals surface area (Å²) in [5.74, 6) is 0.0113. The molecule has 6 nitrogen and oxygen atoms in total. The van der Waals surface area contributed by atoms with E-state index in [0.29, 0.717) is 12.5 Å². The summed E-state index contributed by atoms with van der Waals surface area (Å²) in [6.45, 7) is 2.83. The number of likely N-dealkylation sites (tertiary alicyclic amines) is 1. The number of benzene rings is 1. The smallest absolute Gasteiger partial charge is 0.239 e. The van der Waals surface area contributed by atoms with Crippen molar-refractivity contribution < 1.29 is 4.79 Å². The summed E-state index contributed by atoms with van der Waals surface area (Å²) < 4.78 is 2.03. The number of nitrogens with zero attached hydrogens (tertiary/aromatic N) is 4. The summed E-state index contributed by atoms with van der Waals surface area (Å²) in [6, 6.07) is 9.99. The Bertz CT molecular complexity index is 716. The molecule has 28 heavy (non-hydrogen) atoms. The van der Waals surface area contributed by atoms with E-state index >= 15 is 0 Å². The molecule has 0 saturated carbocycles. The van der Waals surface area contributed by atoms with Crippen LogP contribution in [0.3, 0.4) is 0 Å². The zero-order valence-electron chi connectivity index (χ0n) is 16.5. The van der Waals surface area contributed by atoms with Gasteiger partial charge in [-0.05, 0) is 38.5 Å². The number of rotatable bonds is 6. The molecule has 0 aliphatic carbocycles. The van der Waals surface area contributed by atoms with Gasteiger partial charge < -0.3 is 20.1 Å². The van der Waals surface area contributed by atoms with E-state index in [4.69, 9.17) is 5.73 Å². The van der Waals surface area contributed by atoms with Gasteiger partial charge in [0.15, 0.2) is 0 Å². The lowest BCUT2D eigenvalue weighted by molar-refractivity contribution is -0.134. The van der Waals surface area contributed by atoms with Crippen LogP contribution in [-0.2, 0) is 17.8 Å². The normalized spacial score (nSPS) is 16.0. The van der Waals surface area contributed by atoms with Crippen LogP contribution >= 0.6 is 24.8 Å². The number of hydrogen-bond donors (Lipinski definition) is 1. The summed E-state index contributed by atoms with van der Waals surface area (Å²) in [5.41, 5.74) is 8.28. The number of aromatic nitrogens is 2. The van der Waals surface area contributed by atoms with E-state index in [2.05, 4.69) is 29.1 Å². The average molecular weight is 428 g/mol. The second kappa shape index (κ2) is 11.4. The highest BCUT2D eigenvalue weighted by Gasteiger charge is 2.27. The van der Waals surface area contributed by atoms with Crippen molar-refractivity contribution in [3.8, 4) is 0 Å². The molecule has 1 atom stereocenters. The third-order valence-electron chi connectivity index (χ3n) is 5.22. The number of halogens is 2. The maximum atomic E-state index is 12.7. The number of carbonyl (C=O) groups excluding carboxylic acids is 1. The van der Waals surface area contributed by atoms with Crippen molar-refractivity contribution in [3.05, 3.63) is 54.1 Å². The first kappa shape index (κ1) is 24.4. The monoisotopic (exact) mass is 427 g/mol. The maximum Gasteiger partial charge on any atom is 0.239 e. The third kappa shape index (κ3) is 6.48. The molecule has 1 aliphatic heterocycles. The van der Waals surface area contributed by atoms with Crippen LogP contribution in [0.1, 0.15) is 24.1 Å². The van der Waals surface area contributed by atoms with Crippen molar-refractivity contribution in [2.75, 3.05) is 27.2 Å². The zero-order valence-corrected chi connectivity index (χ0v) is 18.2. The molecular formula is C20H31Cl2N5O. The molecule has 2 heterocycles. The van der Waals surface area contributed by atoms with E-state index in [-0.39, 0.29) is 30.7 Å². The van der Waals surface area contributed by atoms with E-state index in [1.165, 1.54) is 5.56 Å². The fraction of sp³-hybridized carbons (Fsp3) is 0.500. The Labute approximate surface area is 179 Å². The Balaban J connectivity index is 0.00000196. The van der Waals surface area contributed by atoms with E-state index in [1.54, 1.807) is 6.33 Å². The molecule has 2 aromatic rings. The van der Waals surface area contributed by atoms with Crippen molar-refractivity contribution in [1.29, 1.82) is 0 Å². The summed E-state index contributed by atoms with van der Waals surface area (Å²) >= 11 is 0. The number of imidazole rings is 1. The van der Waals surface area contributed by atoms with Crippen LogP contribution in [0.15, 0.2) is 42.9 Å². The average Bonchev–Trinajstić information content (AvgIpc) is 3.08. The minimum atomic E-state index is -0.542. The first-order valence-electron chi connectivity index (χ1n) is 9.28. The Hall–Kier alpha value is -1.60. The SMILES string of the molecule is CN1CCC(N(C)C(=O)[C@@H](N)Cc2cn(Cc3ccccc3)cn2)CC1.Cl.Cl. The second-order valence-electron chi connectivity index (χ2n) is 7.32. The molecule has 2 N–H and O–H groups in total. The topological polar surface area (TPSA) is 67.4 Å². The predicted octanol–water partition coefficient (Wildman–Crippen LogP) is 2.20. The molecule has 1 amide bonds. The molecule has 0 bridgehead atoms. The molecule has 0 spiro atoms. The summed E-state index contributed by atoms with van der Waals surface area (Å²) in [6.07, 6.45) is 6.28. The quantitative estimate of drug-likeness (QED) is 0.766. The van der Waals surface area contributed by atoms with Crippen LogP contribution in [0.25, 0.3) is 0 Å². The minimum absolute atomic E-state index is 0. The Kier molecular flexibility index (Phi) is 9.96. The highest BCUT2D eigenvalue weighted by Crippen LogP contribution is 2.15. The van der Waals surface area contributed by atoms with Crippen molar-refractivity contribution in [2.24, 2.45) is 5.73 Å². The van der Waals surface area contributed by atoms with Gasteiger partial charge in [0, 0.05) is 32.3 Å². The number of piperidine rings is 1. The summed E-state index contributed by atoms with van der Waals surface area (Å²) in [7, 11) is 4.00. The van der Waals surface area contributed by atoms with Gasteiger partial charge in [-0.25, -0.2) is 4.98 Å². The Morgan fingerprint density at radius 1 is 1.25 bits per heavy atom. The van der Waals surface area contributed by atoms with E-state index in [1.807, 2.05) is 40.9 Å². The number of hydrogen-bond acceptors (Lipinski definition) is 4. The van der Waals surface area contributed by atoms with Gasteiger partial charge in [0.1, 0.15) is 0 Å². The third-order valence-corrected chi connectivity index (χ3v) is 5.22. The highest BCUT2D eigenvalue weighted by molar-refractivity contribution is 5.85. The number of amides is 1. The second-order valence-corrected chi connectivity index (χ2v) is 7.32. The molecule has 1 fully saturated rings. The summed E-state index contributed by atoms with van der Waals surface area (Å²) in [5, 5.41) is 0. The van der Waals surface area contributed by atoms with Crippen molar-refractivity contribution in [3.63, 3.8) is 0 Å². The largest absolute Gasteiger partial charge is 0.341 e. The lowest BCUT2D eigenvalue weighted by atomic mass is 10.0. The van der Waals surface area contributed by atoms with Gasteiger partial charge in [-0.3, -0.25) is 4.79 Å². The van der Waals surface area contributed by atoms with Crippen LogP contribution in [0, 0.1) is 0 Å². The number of carbonyl (C=O) groups is 1. The number of likely N-dealkylation sites (N-methyl/N-ethyl adjacent to an activating group) is 1. The Morgan fingerprint density at radius 2 is 1.89 bits per heavy atom. The molecular weight excluding hydrogens is 397 g/mol. The molecule has 0 radical (unpaired) electrons. The molecule has 1 saturated heterocycles. The van der Waals surface area contributed by atoms with Crippen LogP contribution in [0.4, 0.5) is 0 Å². The molecule has 3 rings (SSSR count). The van der Waals surface area contributed by atoms with E-state index in [9.17, 15) is 4.79 Å². The van der Waals surface area contributed by atoms with Crippen LogP contribution in [-0.4, -0.2) is 64.5 Å². The molecule has 8 heteroatoms. The van der Waals surface area contributed by atoms with Gasteiger partial charge in [-0.15, -0.1) is 24.8 Å². The van der Waals surface area contributed by atoms with Crippen LogP contribution < -0.4 is 5.73 Å². The lowest BCUT2D eigenvalue weighted by Crippen LogP contribution is -2.50. The van der Waals surface area contributed by atoms with E-state index < -0.39 is 6.04 Å².